The maximum atomic E-state index is 12.6. The molecule has 0 radical (unpaired) electrons. The lowest BCUT2D eigenvalue weighted by Crippen LogP contribution is -2.37. The Kier molecular flexibility index (Phi) is 4.86. The number of hydrogen-bond donors (Lipinski definition) is 0. The summed E-state index contributed by atoms with van der Waals surface area (Å²) in [6.45, 7) is 3.92. The van der Waals surface area contributed by atoms with Gasteiger partial charge in [0.2, 0.25) is 0 Å². The number of esters is 1. The number of ether oxygens (including phenoxy) is 1. The molecule has 5 heteroatoms. The Labute approximate surface area is 146 Å². The van der Waals surface area contributed by atoms with Crippen molar-refractivity contribution in [2.45, 2.75) is 39.0 Å². The van der Waals surface area contributed by atoms with Crippen LogP contribution in [0.15, 0.2) is 40.5 Å². The van der Waals surface area contributed by atoms with Crippen LogP contribution in [-0.2, 0) is 14.3 Å². The van der Waals surface area contributed by atoms with Crippen molar-refractivity contribution in [3.8, 4) is 0 Å². The Morgan fingerprint density at radius 2 is 2.00 bits per heavy atom. The Bertz CT molecular complexity index is 733. The minimum Gasteiger partial charge on any atom is -0.465 e. The van der Waals surface area contributed by atoms with Crippen LogP contribution < -0.4 is 0 Å². The number of Topliss-reactive ketones (excluding diaryl/α,β-unsaturated/α-hetero) is 1. The second-order valence-electron chi connectivity index (χ2n) is 6.15. The van der Waals surface area contributed by atoms with Gasteiger partial charge in [0.15, 0.2) is 5.78 Å². The topological polar surface area (TPSA) is 55.7 Å². The molecule has 1 heterocycles. The summed E-state index contributed by atoms with van der Waals surface area (Å²) < 4.78 is 5.26. The van der Waals surface area contributed by atoms with Gasteiger partial charge in [0.05, 0.1) is 6.61 Å². The van der Waals surface area contributed by atoms with Gasteiger partial charge < -0.3 is 4.74 Å². The molecule has 0 saturated heterocycles. The standard InChI is InChI=1S/C19H20ClNO3/c1-3-24-19(23)16-11(2)21-14-5-4-6-15(22)18(14)17(16)12-7-9-13(20)10-8-12/h7-10,16-17H,3-6H2,1-2H3/t16?,17-/m0/s1. The van der Waals surface area contributed by atoms with E-state index >= 15 is 0 Å². The van der Waals surface area contributed by atoms with Gasteiger partial charge in [-0.15, -0.1) is 0 Å². The molecule has 1 aromatic carbocycles. The normalized spacial score (nSPS) is 23.6. The lowest BCUT2D eigenvalue weighted by Gasteiger charge is -2.34. The first-order valence-electron chi connectivity index (χ1n) is 8.26. The molecule has 4 nitrogen and oxygen atoms in total. The predicted octanol–water partition coefficient (Wildman–Crippen LogP) is 4.08. The molecule has 0 saturated carbocycles. The van der Waals surface area contributed by atoms with Gasteiger partial charge in [-0.05, 0) is 44.4 Å². The smallest absolute Gasteiger partial charge is 0.315 e. The Morgan fingerprint density at radius 3 is 2.67 bits per heavy atom. The first-order valence-corrected chi connectivity index (χ1v) is 8.64. The summed E-state index contributed by atoms with van der Waals surface area (Å²) >= 11 is 6.00. The zero-order valence-electron chi connectivity index (χ0n) is 13.8. The number of nitrogens with zero attached hydrogens (tertiary/aromatic N) is 1. The summed E-state index contributed by atoms with van der Waals surface area (Å²) in [5.41, 5.74) is 3.10. The summed E-state index contributed by atoms with van der Waals surface area (Å²) in [7, 11) is 0. The molecule has 2 atom stereocenters. The van der Waals surface area contributed by atoms with Gasteiger partial charge in [-0.1, -0.05) is 23.7 Å². The van der Waals surface area contributed by atoms with Crippen LogP contribution in [0, 0.1) is 5.92 Å². The van der Waals surface area contributed by atoms with Gasteiger partial charge in [0.25, 0.3) is 0 Å². The predicted molar refractivity (Wildman–Crippen MR) is 93.3 cm³/mol. The first kappa shape index (κ1) is 16.9. The highest BCUT2D eigenvalue weighted by Gasteiger charge is 2.42. The quantitative estimate of drug-likeness (QED) is 0.775. The summed E-state index contributed by atoms with van der Waals surface area (Å²) in [4.78, 5) is 29.8. The summed E-state index contributed by atoms with van der Waals surface area (Å²) in [5, 5.41) is 0.622. The summed E-state index contributed by atoms with van der Waals surface area (Å²) in [6, 6.07) is 7.33. The average molecular weight is 346 g/mol. The maximum absolute atomic E-state index is 12.6. The highest BCUT2D eigenvalue weighted by Crippen LogP contribution is 2.43. The monoisotopic (exact) mass is 345 g/mol. The lowest BCUT2D eigenvalue weighted by molar-refractivity contribution is -0.146. The Balaban J connectivity index is 2.13. The Hall–Kier alpha value is -1.94. The van der Waals surface area contributed by atoms with Crippen molar-refractivity contribution in [1.82, 2.24) is 0 Å². The third-order valence-corrected chi connectivity index (χ3v) is 4.86. The van der Waals surface area contributed by atoms with Crippen molar-refractivity contribution in [3.63, 3.8) is 0 Å². The fraction of sp³-hybridized carbons (Fsp3) is 0.421. The molecule has 3 rings (SSSR count). The molecular formula is C19H20ClNO3. The van der Waals surface area contributed by atoms with Crippen molar-refractivity contribution < 1.29 is 14.3 Å². The molecule has 126 valence electrons. The van der Waals surface area contributed by atoms with E-state index < -0.39 is 5.92 Å². The number of rotatable bonds is 3. The van der Waals surface area contributed by atoms with Gasteiger partial charge in [-0.2, -0.15) is 0 Å². The van der Waals surface area contributed by atoms with Crippen molar-refractivity contribution in [2.24, 2.45) is 10.9 Å². The second-order valence-corrected chi connectivity index (χ2v) is 6.59. The number of hydrogen-bond acceptors (Lipinski definition) is 4. The highest BCUT2D eigenvalue weighted by molar-refractivity contribution is 6.30. The van der Waals surface area contributed by atoms with E-state index in [4.69, 9.17) is 16.3 Å². The minimum absolute atomic E-state index is 0.0850. The van der Waals surface area contributed by atoms with E-state index in [1.165, 1.54) is 0 Å². The first-order chi connectivity index (χ1) is 11.5. The molecule has 1 unspecified atom stereocenters. The van der Waals surface area contributed by atoms with Crippen LogP contribution in [0.3, 0.4) is 0 Å². The van der Waals surface area contributed by atoms with Gasteiger partial charge in [-0.25, -0.2) is 0 Å². The van der Waals surface area contributed by atoms with E-state index in [1.54, 1.807) is 19.1 Å². The van der Waals surface area contributed by atoms with Crippen LogP contribution in [0.4, 0.5) is 0 Å². The molecule has 24 heavy (non-hydrogen) atoms. The summed E-state index contributed by atoms with van der Waals surface area (Å²) in [5.74, 6) is -1.15. The van der Waals surface area contributed by atoms with Gasteiger partial charge in [0.1, 0.15) is 5.92 Å². The number of carbonyl (C=O) groups is 2. The number of aliphatic imine (C=N–C) groups is 1. The highest BCUT2D eigenvalue weighted by atomic mass is 35.5. The molecule has 0 spiro atoms. The van der Waals surface area contributed by atoms with Gasteiger partial charge in [-0.3, -0.25) is 14.6 Å². The third-order valence-electron chi connectivity index (χ3n) is 4.60. The fourth-order valence-electron chi connectivity index (χ4n) is 3.57. The van der Waals surface area contributed by atoms with Gasteiger partial charge >= 0.3 is 5.97 Å². The number of carbonyl (C=O) groups excluding carboxylic acids is 2. The molecule has 2 aliphatic rings. The molecule has 0 bridgehead atoms. The van der Waals surface area contributed by atoms with E-state index in [0.717, 1.165) is 24.1 Å². The third kappa shape index (κ3) is 3.03. The van der Waals surface area contributed by atoms with E-state index in [2.05, 4.69) is 4.99 Å². The molecule has 1 aliphatic carbocycles. The largest absolute Gasteiger partial charge is 0.465 e. The van der Waals surface area contributed by atoms with Crippen molar-refractivity contribution in [1.29, 1.82) is 0 Å². The number of benzene rings is 1. The van der Waals surface area contributed by atoms with Crippen LogP contribution in [0.2, 0.25) is 5.02 Å². The van der Waals surface area contributed by atoms with Crippen molar-refractivity contribution in [3.05, 3.63) is 46.1 Å². The molecular weight excluding hydrogens is 326 g/mol. The van der Waals surface area contributed by atoms with E-state index in [1.807, 2.05) is 19.1 Å². The van der Waals surface area contributed by atoms with Crippen LogP contribution >= 0.6 is 11.6 Å². The molecule has 1 aromatic rings. The van der Waals surface area contributed by atoms with Crippen molar-refractivity contribution >= 4 is 29.1 Å². The van der Waals surface area contributed by atoms with Crippen LogP contribution in [0.25, 0.3) is 0 Å². The van der Waals surface area contributed by atoms with E-state index in [-0.39, 0.29) is 17.7 Å². The molecule has 0 N–H and O–H groups in total. The molecule has 0 fully saturated rings. The Morgan fingerprint density at radius 1 is 1.29 bits per heavy atom. The second kappa shape index (κ2) is 6.89. The number of ketones is 1. The van der Waals surface area contributed by atoms with Crippen LogP contribution in [-0.4, -0.2) is 24.1 Å². The van der Waals surface area contributed by atoms with E-state index in [0.29, 0.717) is 29.3 Å². The molecule has 0 aromatic heterocycles. The average Bonchev–Trinajstić information content (AvgIpc) is 2.55. The minimum atomic E-state index is -0.563. The zero-order chi connectivity index (χ0) is 17.3. The maximum Gasteiger partial charge on any atom is 0.315 e. The van der Waals surface area contributed by atoms with Crippen LogP contribution in [0.1, 0.15) is 44.6 Å². The fourth-order valence-corrected chi connectivity index (χ4v) is 3.70. The number of halogens is 1. The number of allylic oxidation sites excluding steroid dienone is 2. The van der Waals surface area contributed by atoms with Crippen LogP contribution in [0.5, 0.6) is 0 Å². The molecule has 1 aliphatic heterocycles. The van der Waals surface area contributed by atoms with Gasteiger partial charge in [0, 0.05) is 34.3 Å². The van der Waals surface area contributed by atoms with E-state index in [9.17, 15) is 9.59 Å². The zero-order valence-corrected chi connectivity index (χ0v) is 14.6. The molecule has 0 amide bonds. The van der Waals surface area contributed by atoms with Crippen molar-refractivity contribution in [2.75, 3.05) is 6.61 Å². The lowest BCUT2D eigenvalue weighted by atomic mass is 9.72. The SMILES string of the molecule is CCOC(=O)C1C(C)=NC2=C(C(=O)CCC2)[C@H]1c1ccc(Cl)cc1. The summed E-state index contributed by atoms with van der Waals surface area (Å²) in [6.07, 6.45) is 2.09.